The third-order valence-corrected chi connectivity index (χ3v) is 3.16. The van der Waals surface area contributed by atoms with E-state index in [4.69, 9.17) is 0 Å². The van der Waals surface area contributed by atoms with Crippen LogP contribution in [0, 0.1) is 0 Å². The highest BCUT2D eigenvalue weighted by Gasteiger charge is 2.13. The first-order valence-electron chi connectivity index (χ1n) is 6.76. The summed E-state index contributed by atoms with van der Waals surface area (Å²) in [5.41, 5.74) is 1.00. The van der Waals surface area contributed by atoms with E-state index in [0.717, 1.165) is 37.3 Å². The van der Waals surface area contributed by atoms with Gasteiger partial charge in [-0.15, -0.1) is 0 Å². The summed E-state index contributed by atoms with van der Waals surface area (Å²) >= 11 is 0. The molecule has 0 aliphatic heterocycles. The van der Waals surface area contributed by atoms with Gasteiger partial charge in [-0.2, -0.15) is 0 Å². The van der Waals surface area contributed by atoms with Gasteiger partial charge < -0.3 is 9.88 Å². The Kier molecular flexibility index (Phi) is 5.03. The number of nitrogens with zero attached hydrogens (tertiary/aromatic N) is 4. The minimum Gasteiger partial charge on any atom is -0.338 e. The lowest BCUT2D eigenvalue weighted by Gasteiger charge is -2.17. The van der Waals surface area contributed by atoms with E-state index in [1.165, 1.54) is 0 Å². The summed E-state index contributed by atoms with van der Waals surface area (Å²) in [6.07, 6.45) is 12.1. The Balaban J connectivity index is 2.00. The molecule has 0 radical (unpaired) electrons. The lowest BCUT2D eigenvalue weighted by molar-refractivity contribution is 0.480. The predicted molar refractivity (Wildman–Crippen MR) is 74.6 cm³/mol. The van der Waals surface area contributed by atoms with Crippen LogP contribution in [-0.4, -0.2) is 26.1 Å². The second-order valence-electron chi connectivity index (χ2n) is 4.63. The summed E-state index contributed by atoms with van der Waals surface area (Å²) in [7, 11) is 2.03. The zero-order chi connectivity index (χ0) is 13.5. The van der Waals surface area contributed by atoms with Gasteiger partial charge in [0.1, 0.15) is 5.82 Å². The third kappa shape index (κ3) is 3.86. The molecule has 0 saturated heterocycles. The van der Waals surface area contributed by atoms with Crippen LogP contribution in [0.1, 0.15) is 37.3 Å². The molecule has 1 unspecified atom stereocenters. The van der Waals surface area contributed by atoms with Gasteiger partial charge in [0, 0.05) is 44.5 Å². The molecular formula is C14H21N5. The molecule has 1 N–H and O–H groups in total. The number of imidazole rings is 1. The average Bonchev–Trinajstić information content (AvgIpc) is 2.85. The largest absolute Gasteiger partial charge is 0.338 e. The van der Waals surface area contributed by atoms with Crippen molar-refractivity contribution in [3.63, 3.8) is 0 Å². The van der Waals surface area contributed by atoms with Crippen LogP contribution in [0.15, 0.2) is 31.0 Å². The maximum absolute atomic E-state index is 4.40. The molecule has 0 saturated carbocycles. The second-order valence-corrected chi connectivity index (χ2v) is 4.63. The standard InChI is InChI=1S/C14H21N5/c1-3-6-16-12(13-11-15-7-8-17-13)4-5-14-18-9-10-19(14)2/h7-12,16H,3-6H2,1-2H3. The molecule has 1 atom stereocenters. The second kappa shape index (κ2) is 6.99. The minimum absolute atomic E-state index is 0.241. The van der Waals surface area contributed by atoms with E-state index in [9.17, 15) is 0 Å². The Labute approximate surface area is 114 Å². The Hall–Kier alpha value is -1.75. The van der Waals surface area contributed by atoms with Crippen LogP contribution in [0.25, 0.3) is 0 Å². The van der Waals surface area contributed by atoms with Crippen LogP contribution in [0.4, 0.5) is 0 Å². The number of rotatable bonds is 7. The molecule has 0 aliphatic rings. The van der Waals surface area contributed by atoms with Gasteiger partial charge in [-0.3, -0.25) is 9.97 Å². The molecule has 2 rings (SSSR count). The highest BCUT2D eigenvalue weighted by Crippen LogP contribution is 2.15. The molecule has 102 valence electrons. The van der Waals surface area contributed by atoms with Gasteiger partial charge in [-0.05, 0) is 19.4 Å². The number of aromatic nitrogens is 4. The molecule has 0 aromatic carbocycles. The number of hydrogen-bond donors (Lipinski definition) is 1. The predicted octanol–water partition coefficient (Wildman–Crippen LogP) is 1.88. The van der Waals surface area contributed by atoms with Crippen molar-refractivity contribution in [1.82, 2.24) is 24.8 Å². The first-order chi connectivity index (χ1) is 9.31. The molecule has 0 aliphatic carbocycles. The topological polar surface area (TPSA) is 55.6 Å². The van der Waals surface area contributed by atoms with Crippen LogP contribution in [0.2, 0.25) is 0 Å². The van der Waals surface area contributed by atoms with E-state index in [2.05, 4.69) is 31.8 Å². The van der Waals surface area contributed by atoms with Crippen LogP contribution >= 0.6 is 0 Å². The normalized spacial score (nSPS) is 12.5. The van der Waals surface area contributed by atoms with E-state index >= 15 is 0 Å². The Bertz CT molecular complexity index is 480. The van der Waals surface area contributed by atoms with Gasteiger partial charge in [-0.1, -0.05) is 6.92 Å². The Morgan fingerprint density at radius 2 is 2.16 bits per heavy atom. The highest BCUT2D eigenvalue weighted by atomic mass is 15.0. The van der Waals surface area contributed by atoms with Gasteiger partial charge in [0.15, 0.2) is 0 Å². The molecule has 5 heteroatoms. The van der Waals surface area contributed by atoms with Crippen molar-refractivity contribution in [3.05, 3.63) is 42.5 Å². The number of nitrogens with one attached hydrogen (secondary N) is 1. The summed E-state index contributed by atoms with van der Waals surface area (Å²) in [5.74, 6) is 1.10. The number of hydrogen-bond acceptors (Lipinski definition) is 4. The average molecular weight is 259 g/mol. The van der Waals surface area contributed by atoms with Crippen molar-refractivity contribution in [2.75, 3.05) is 6.54 Å². The minimum atomic E-state index is 0.241. The summed E-state index contributed by atoms with van der Waals surface area (Å²) < 4.78 is 2.06. The van der Waals surface area contributed by atoms with E-state index in [1.54, 1.807) is 12.4 Å². The zero-order valence-electron chi connectivity index (χ0n) is 11.6. The summed E-state index contributed by atoms with van der Waals surface area (Å²) in [6.45, 7) is 3.15. The fraction of sp³-hybridized carbons (Fsp3) is 0.500. The van der Waals surface area contributed by atoms with Gasteiger partial charge in [-0.25, -0.2) is 4.98 Å². The number of aryl methyl sites for hydroxylation is 2. The molecule has 0 amide bonds. The van der Waals surface area contributed by atoms with Crippen molar-refractivity contribution in [2.45, 2.75) is 32.2 Å². The van der Waals surface area contributed by atoms with Gasteiger partial charge >= 0.3 is 0 Å². The van der Waals surface area contributed by atoms with Crippen molar-refractivity contribution < 1.29 is 0 Å². The smallest absolute Gasteiger partial charge is 0.108 e. The third-order valence-electron chi connectivity index (χ3n) is 3.16. The Morgan fingerprint density at radius 1 is 1.26 bits per heavy atom. The molecule has 2 heterocycles. The summed E-state index contributed by atoms with van der Waals surface area (Å²) in [5, 5.41) is 3.53. The maximum Gasteiger partial charge on any atom is 0.108 e. The molecular weight excluding hydrogens is 238 g/mol. The van der Waals surface area contributed by atoms with E-state index in [0.29, 0.717) is 0 Å². The van der Waals surface area contributed by atoms with Crippen LogP contribution in [-0.2, 0) is 13.5 Å². The highest BCUT2D eigenvalue weighted by molar-refractivity contribution is 5.03. The summed E-state index contributed by atoms with van der Waals surface area (Å²) in [6, 6.07) is 0.241. The van der Waals surface area contributed by atoms with Crippen LogP contribution in [0.3, 0.4) is 0 Å². The summed E-state index contributed by atoms with van der Waals surface area (Å²) in [4.78, 5) is 12.9. The lowest BCUT2D eigenvalue weighted by atomic mass is 10.1. The molecule has 2 aromatic rings. The molecule has 0 fully saturated rings. The first kappa shape index (κ1) is 13.7. The molecule has 5 nitrogen and oxygen atoms in total. The van der Waals surface area contributed by atoms with Gasteiger partial charge in [0.2, 0.25) is 0 Å². The lowest BCUT2D eigenvalue weighted by Crippen LogP contribution is -2.24. The molecule has 0 spiro atoms. The van der Waals surface area contributed by atoms with Crippen molar-refractivity contribution in [3.8, 4) is 0 Å². The van der Waals surface area contributed by atoms with Crippen LogP contribution in [0.5, 0.6) is 0 Å². The monoisotopic (exact) mass is 259 g/mol. The quantitative estimate of drug-likeness (QED) is 0.825. The van der Waals surface area contributed by atoms with Crippen molar-refractivity contribution in [2.24, 2.45) is 7.05 Å². The van der Waals surface area contributed by atoms with Gasteiger partial charge in [0.25, 0.3) is 0 Å². The van der Waals surface area contributed by atoms with Crippen molar-refractivity contribution >= 4 is 0 Å². The van der Waals surface area contributed by atoms with E-state index in [-0.39, 0.29) is 6.04 Å². The molecule has 0 bridgehead atoms. The molecule has 2 aromatic heterocycles. The van der Waals surface area contributed by atoms with Crippen LogP contribution < -0.4 is 5.32 Å². The van der Waals surface area contributed by atoms with Crippen molar-refractivity contribution in [1.29, 1.82) is 0 Å². The first-order valence-corrected chi connectivity index (χ1v) is 6.76. The Morgan fingerprint density at radius 3 is 2.79 bits per heavy atom. The fourth-order valence-corrected chi connectivity index (χ4v) is 2.07. The van der Waals surface area contributed by atoms with E-state index < -0.39 is 0 Å². The SMILES string of the molecule is CCCNC(CCc1nccn1C)c1cnccn1. The maximum atomic E-state index is 4.40. The zero-order valence-corrected chi connectivity index (χ0v) is 11.6. The molecule has 19 heavy (non-hydrogen) atoms. The van der Waals surface area contributed by atoms with Gasteiger partial charge in [0.05, 0.1) is 11.7 Å². The fourth-order valence-electron chi connectivity index (χ4n) is 2.07. The van der Waals surface area contributed by atoms with E-state index in [1.807, 2.05) is 25.6 Å².